The first-order valence-electron chi connectivity index (χ1n) is 11.4. The lowest BCUT2D eigenvalue weighted by molar-refractivity contribution is 0.0933. The minimum Gasteiger partial charge on any atom is -0.490 e. The van der Waals surface area contributed by atoms with E-state index in [1.165, 1.54) is 24.0 Å². The topological polar surface area (TPSA) is 58.6 Å². The fourth-order valence-corrected chi connectivity index (χ4v) is 4.66. The van der Waals surface area contributed by atoms with Crippen LogP contribution in [0.5, 0.6) is 5.75 Å². The number of carbonyl (C=O) groups is 2. The minimum absolute atomic E-state index is 0.0274. The van der Waals surface area contributed by atoms with E-state index in [-0.39, 0.29) is 23.7 Å². The van der Waals surface area contributed by atoms with Crippen LogP contribution in [-0.2, 0) is 6.42 Å². The standard InChI is InChI=1S/C26H32N2O3/c1-16(2)25(29)22-14-19(8-10-24(22)31-17(3)4)26(30)27-20-9-7-18-11-13-28-12-5-6-23(28)21(18)15-20/h7-10,14-17,23H,5-6,11-13H2,1-4H3,(H,27,30). The molecule has 1 atom stereocenters. The van der Waals surface area contributed by atoms with E-state index in [0.29, 0.717) is 22.9 Å². The molecule has 0 aromatic heterocycles. The van der Waals surface area contributed by atoms with E-state index in [1.807, 2.05) is 33.8 Å². The highest BCUT2D eigenvalue weighted by Crippen LogP contribution is 2.38. The molecule has 0 saturated carbocycles. The van der Waals surface area contributed by atoms with Crippen LogP contribution in [0, 0.1) is 5.92 Å². The molecule has 2 aromatic carbocycles. The van der Waals surface area contributed by atoms with Gasteiger partial charge in [-0.3, -0.25) is 14.5 Å². The molecule has 164 valence electrons. The second-order valence-electron chi connectivity index (χ2n) is 9.21. The zero-order valence-corrected chi connectivity index (χ0v) is 18.9. The van der Waals surface area contributed by atoms with Crippen molar-refractivity contribution < 1.29 is 14.3 Å². The van der Waals surface area contributed by atoms with Crippen LogP contribution in [0.3, 0.4) is 0 Å². The number of anilines is 1. The molecule has 5 heteroatoms. The van der Waals surface area contributed by atoms with Crippen molar-refractivity contribution in [2.75, 3.05) is 18.4 Å². The number of hydrogen-bond donors (Lipinski definition) is 1. The summed E-state index contributed by atoms with van der Waals surface area (Å²) in [5, 5.41) is 3.03. The van der Waals surface area contributed by atoms with Crippen LogP contribution in [0.1, 0.15) is 78.4 Å². The Morgan fingerprint density at radius 3 is 2.61 bits per heavy atom. The van der Waals surface area contributed by atoms with Gasteiger partial charge in [-0.2, -0.15) is 0 Å². The van der Waals surface area contributed by atoms with Crippen LogP contribution in [0.25, 0.3) is 0 Å². The van der Waals surface area contributed by atoms with Gasteiger partial charge in [-0.05, 0) is 81.1 Å². The number of amides is 1. The quantitative estimate of drug-likeness (QED) is 0.648. The number of fused-ring (bicyclic) bond motifs is 3. The van der Waals surface area contributed by atoms with Gasteiger partial charge in [0.05, 0.1) is 11.7 Å². The van der Waals surface area contributed by atoms with E-state index in [1.54, 1.807) is 18.2 Å². The van der Waals surface area contributed by atoms with Gasteiger partial charge >= 0.3 is 0 Å². The zero-order chi connectivity index (χ0) is 22.1. The molecular formula is C26H32N2O3. The Bertz CT molecular complexity index is 996. The molecule has 2 aromatic rings. The molecule has 1 amide bonds. The number of ketones is 1. The van der Waals surface area contributed by atoms with Gasteiger partial charge in [0, 0.05) is 29.8 Å². The Morgan fingerprint density at radius 2 is 1.87 bits per heavy atom. The van der Waals surface area contributed by atoms with Crippen LogP contribution in [0.15, 0.2) is 36.4 Å². The summed E-state index contributed by atoms with van der Waals surface area (Å²) in [7, 11) is 0. The average molecular weight is 421 g/mol. The van der Waals surface area contributed by atoms with E-state index >= 15 is 0 Å². The number of rotatable bonds is 6. The molecule has 0 aliphatic carbocycles. The van der Waals surface area contributed by atoms with Crippen LogP contribution in [0.2, 0.25) is 0 Å². The van der Waals surface area contributed by atoms with Crippen molar-refractivity contribution in [3.05, 3.63) is 58.7 Å². The molecule has 0 bridgehead atoms. The maximum atomic E-state index is 13.0. The Kier molecular flexibility index (Phi) is 6.15. The van der Waals surface area contributed by atoms with E-state index in [9.17, 15) is 9.59 Å². The SMILES string of the molecule is CC(C)Oc1ccc(C(=O)Nc2ccc3c(c2)C2CCCN2CC3)cc1C(=O)C(C)C. The summed E-state index contributed by atoms with van der Waals surface area (Å²) in [6.45, 7) is 9.85. The lowest BCUT2D eigenvalue weighted by Gasteiger charge is -2.32. The van der Waals surface area contributed by atoms with Gasteiger partial charge in [0.2, 0.25) is 0 Å². The van der Waals surface area contributed by atoms with Crippen molar-refractivity contribution in [2.45, 2.75) is 59.1 Å². The van der Waals surface area contributed by atoms with Gasteiger partial charge in [-0.25, -0.2) is 0 Å². The molecule has 2 heterocycles. The summed E-state index contributed by atoms with van der Waals surface area (Å²) in [6, 6.07) is 11.8. The van der Waals surface area contributed by atoms with Crippen LogP contribution >= 0.6 is 0 Å². The molecule has 4 rings (SSSR count). The number of Topliss-reactive ketones (excluding diaryl/α,β-unsaturated/α-hetero) is 1. The fourth-order valence-electron chi connectivity index (χ4n) is 4.66. The number of hydrogen-bond acceptors (Lipinski definition) is 4. The third-order valence-electron chi connectivity index (χ3n) is 6.19. The second kappa shape index (κ2) is 8.83. The van der Waals surface area contributed by atoms with Gasteiger partial charge in [-0.1, -0.05) is 19.9 Å². The Morgan fingerprint density at radius 1 is 1.06 bits per heavy atom. The predicted octanol–water partition coefficient (Wildman–Crippen LogP) is 5.26. The Labute approximate surface area is 184 Å². The molecule has 0 spiro atoms. The maximum Gasteiger partial charge on any atom is 0.255 e. The summed E-state index contributed by atoms with van der Waals surface area (Å²) in [4.78, 5) is 28.3. The number of nitrogens with zero attached hydrogens (tertiary/aromatic N) is 1. The van der Waals surface area contributed by atoms with E-state index in [2.05, 4.69) is 22.3 Å². The van der Waals surface area contributed by atoms with Crippen molar-refractivity contribution in [3.63, 3.8) is 0 Å². The smallest absolute Gasteiger partial charge is 0.255 e. The third kappa shape index (κ3) is 4.52. The van der Waals surface area contributed by atoms with Crippen LogP contribution in [-0.4, -0.2) is 35.8 Å². The lowest BCUT2D eigenvalue weighted by Crippen LogP contribution is -2.31. The first-order valence-corrected chi connectivity index (χ1v) is 11.4. The van der Waals surface area contributed by atoms with Crippen molar-refractivity contribution >= 4 is 17.4 Å². The van der Waals surface area contributed by atoms with Gasteiger partial charge in [0.25, 0.3) is 5.91 Å². The van der Waals surface area contributed by atoms with Gasteiger partial charge in [0.15, 0.2) is 5.78 Å². The Balaban J connectivity index is 1.58. The molecule has 2 aliphatic heterocycles. The van der Waals surface area contributed by atoms with Crippen LogP contribution in [0.4, 0.5) is 5.69 Å². The van der Waals surface area contributed by atoms with Crippen LogP contribution < -0.4 is 10.1 Å². The summed E-state index contributed by atoms with van der Waals surface area (Å²) >= 11 is 0. The van der Waals surface area contributed by atoms with Crippen molar-refractivity contribution in [1.29, 1.82) is 0 Å². The molecule has 1 fully saturated rings. The summed E-state index contributed by atoms with van der Waals surface area (Å²) in [5.74, 6) is 0.108. The van der Waals surface area contributed by atoms with Gasteiger partial charge < -0.3 is 10.1 Å². The average Bonchev–Trinajstić information content (AvgIpc) is 3.22. The molecule has 0 radical (unpaired) electrons. The normalized spacial score (nSPS) is 18.1. The lowest BCUT2D eigenvalue weighted by atomic mass is 9.92. The number of carbonyl (C=O) groups excluding carboxylic acids is 2. The third-order valence-corrected chi connectivity index (χ3v) is 6.19. The van der Waals surface area contributed by atoms with E-state index in [4.69, 9.17) is 4.74 Å². The van der Waals surface area contributed by atoms with Gasteiger partial charge in [-0.15, -0.1) is 0 Å². The first kappa shape index (κ1) is 21.6. The van der Waals surface area contributed by atoms with E-state index < -0.39 is 0 Å². The number of benzene rings is 2. The molecule has 1 saturated heterocycles. The molecule has 5 nitrogen and oxygen atoms in total. The number of ether oxygens (including phenoxy) is 1. The zero-order valence-electron chi connectivity index (χ0n) is 18.9. The first-order chi connectivity index (χ1) is 14.8. The minimum atomic E-state index is -0.215. The Hall–Kier alpha value is -2.66. The van der Waals surface area contributed by atoms with Crippen molar-refractivity contribution in [1.82, 2.24) is 4.90 Å². The highest BCUT2D eigenvalue weighted by Gasteiger charge is 2.31. The molecule has 2 aliphatic rings. The highest BCUT2D eigenvalue weighted by molar-refractivity contribution is 6.07. The van der Waals surface area contributed by atoms with Gasteiger partial charge in [0.1, 0.15) is 5.75 Å². The monoisotopic (exact) mass is 420 g/mol. The largest absolute Gasteiger partial charge is 0.490 e. The molecular weight excluding hydrogens is 388 g/mol. The molecule has 1 N–H and O–H groups in total. The fraction of sp³-hybridized carbons (Fsp3) is 0.462. The molecule has 31 heavy (non-hydrogen) atoms. The van der Waals surface area contributed by atoms with E-state index in [0.717, 1.165) is 25.2 Å². The predicted molar refractivity (Wildman–Crippen MR) is 123 cm³/mol. The summed E-state index contributed by atoms with van der Waals surface area (Å²) in [5.41, 5.74) is 4.46. The van der Waals surface area contributed by atoms with Crippen molar-refractivity contribution in [3.8, 4) is 5.75 Å². The summed E-state index contributed by atoms with van der Waals surface area (Å²) < 4.78 is 5.81. The molecule has 1 unspecified atom stereocenters. The maximum absolute atomic E-state index is 13.0. The van der Waals surface area contributed by atoms with Crippen molar-refractivity contribution in [2.24, 2.45) is 5.92 Å². The summed E-state index contributed by atoms with van der Waals surface area (Å²) in [6.07, 6.45) is 3.43. The number of nitrogens with one attached hydrogen (secondary N) is 1. The highest BCUT2D eigenvalue weighted by atomic mass is 16.5. The second-order valence-corrected chi connectivity index (χ2v) is 9.21.